The standard InChI is InChI=1S/C11H20N2/c1-3-4-5-7-13-8-6-11(10-13)9-12-2/h1,11-12H,4-10H2,2H3. The molecule has 0 aromatic carbocycles. The SMILES string of the molecule is C#CCCCN1CCC(CNC)C1. The van der Waals surface area contributed by atoms with E-state index in [1.807, 2.05) is 7.05 Å². The van der Waals surface area contributed by atoms with Gasteiger partial charge in [0.1, 0.15) is 0 Å². The van der Waals surface area contributed by atoms with Crippen LogP contribution >= 0.6 is 0 Å². The quantitative estimate of drug-likeness (QED) is 0.500. The Hall–Kier alpha value is -0.520. The van der Waals surface area contributed by atoms with E-state index in [9.17, 15) is 0 Å². The third kappa shape index (κ3) is 3.80. The molecule has 0 bridgehead atoms. The van der Waals surface area contributed by atoms with Gasteiger partial charge in [0.05, 0.1) is 0 Å². The fourth-order valence-corrected chi connectivity index (χ4v) is 1.98. The molecule has 0 saturated carbocycles. The van der Waals surface area contributed by atoms with Gasteiger partial charge in [-0.3, -0.25) is 0 Å². The molecule has 2 heteroatoms. The molecule has 0 radical (unpaired) electrons. The number of terminal acetylenes is 1. The first-order chi connectivity index (χ1) is 6.36. The maximum atomic E-state index is 5.21. The fourth-order valence-electron chi connectivity index (χ4n) is 1.98. The summed E-state index contributed by atoms with van der Waals surface area (Å²) in [5.74, 6) is 3.55. The third-order valence-electron chi connectivity index (χ3n) is 2.66. The van der Waals surface area contributed by atoms with Gasteiger partial charge < -0.3 is 10.2 Å². The molecule has 1 rings (SSSR count). The van der Waals surface area contributed by atoms with Gasteiger partial charge in [-0.1, -0.05) is 0 Å². The Morgan fingerprint density at radius 1 is 1.62 bits per heavy atom. The first-order valence-electron chi connectivity index (χ1n) is 5.17. The third-order valence-corrected chi connectivity index (χ3v) is 2.66. The molecule has 1 heterocycles. The molecule has 1 aliphatic rings. The molecule has 0 aromatic rings. The van der Waals surface area contributed by atoms with Gasteiger partial charge >= 0.3 is 0 Å². The molecule has 1 fully saturated rings. The van der Waals surface area contributed by atoms with Crippen molar-refractivity contribution in [1.29, 1.82) is 0 Å². The second-order valence-electron chi connectivity index (χ2n) is 3.82. The minimum atomic E-state index is 0.857. The van der Waals surface area contributed by atoms with E-state index in [0.717, 1.165) is 25.3 Å². The van der Waals surface area contributed by atoms with Crippen molar-refractivity contribution in [2.45, 2.75) is 19.3 Å². The molecular formula is C11H20N2. The van der Waals surface area contributed by atoms with E-state index >= 15 is 0 Å². The maximum absolute atomic E-state index is 5.21. The van der Waals surface area contributed by atoms with Crippen LogP contribution in [0.3, 0.4) is 0 Å². The lowest BCUT2D eigenvalue weighted by Crippen LogP contribution is -2.25. The highest BCUT2D eigenvalue weighted by Crippen LogP contribution is 2.15. The van der Waals surface area contributed by atoms with Crippen LogP contribution in [0.4, 0.5) is 0 Å². The molecule has 1 atom stereocenters. The molecule has 1 unspecified atom stereocenters. The zero-order chi connectivity index (χ0) is 9.52. The van der Waals surface area contributed by atoms with E-state index in [4.69, 9.17) is 6.42 Å². The molecule has 1 N–H and O–H groups in total. The Morgan fingerprint density at radius 2 is 2.46 bits per heavy atom. The second-order valence-corrected chi connectivity index (χ2v) is 3.82. The molecule has 74 valence electrons. The minimum absolute atomic E-state index is 0.857. The van der Waals surface area contributed by atoms with Gasteiger partial charge in [0.15, 0.2) is 0 Å². The number of hydrogen-bond acceptors (Lipinski definition) is 2. The number of nitrogens with zero attached hydrogens (tertiary/aromatic N) is 1. The van der Waals surface area contributed by atoms with Crippen LogP contribution in [-0.4, -0.2) is 38.1 Å². The smallest absolute Gasteiger partial charge is 0.00982 e. The van der Waals surface area contributed by atoms with E-state index in [1.165, 1.54) is 26.1 Å². The van der Waals surface area contributed by atoms with Crippen molar-refractivity contribution in [3.63, 3.8) is 0 Å². The molecule has 0 spiro atoms. The molecule has 0 aliphatic carbocycles. The normalized spacial score (nSPS) is 23.2. The molecule has 0 amide bonds. The van der Waals surface area contributed by atoms with Gasteiger partial charge in [0.25, 0.3) is 0 Å². The average molecular weight is 180 g/mol. The van der Waals surface area contributed by atoms with Crippen molar-refractivity contribution in [1.82, 2.24) is 10.2 Å². The van der Waals surface area contributed by atoms with Gasteiger partial charge in [-0.05, 0) is 45.4 Å². The van der Waals surface area contributed by atoms with Crippen LogP contribution in [-0.2, 0) is 0 Å². The van der Waals surface area contributed by atoms with Crippen LogP contribution in [0.5, 0.6) is 0 Å². The van der Waals surface area contributed by atoms with Crippen molar-refractivity contribution in [3.8, 4) is 12.3 Å². The summed E-state index contributed by atoms with van der Waals surface area (Å²) in [6.45, 7) is 4.86. The van der Waals surface area contributed by atoms with E-state index in [1.54, 1.807) is 0 Å². The molecule has 1 saturated heterocycles. The van der Waals surface area contributed by atoms with Gasteiger partial charge in [-0.2, -0.15) is 0 Å². The monoisotopic (exact) mass is 180 g/mol. The van der Waals surface area contributed by atoms with Crippen LogP contribution in [0, 0.1) is 18.3 Å². The van der Waals surface area contributed by atoms with Gasteiger partial charge in [0.2, 0.25) is 0 Å². The van der Waals surface area contributed by atoms with Gasteiger partial charge in [-0.25, -0.2) is 0 Å². The van der Waals surface area contributed by atoms with Crippen LogP contribution < -0.4 is 5.32 Å². The van der Waals surface area contributed by atoms with Crippen LogP contribution in [0.25, 0.3) is 0 Å². The topological polar surface area (TPSA) is 15.3 Å². The van der Waals surface area contributed by atoms with E-state index in [0.29, 0.717) is 0 Å². The zero-order valence-electron chi connectivity index (χ0n) is 8.55. The van der Waals surface area contributed by atoms with Crippen molar-refractivity contribution in [2.75, 3.05) is 33.2 Å². The Labute approximate surface area is 81.7 Å². The summed E-state index contributed by atoms with van der Waals surface area (Å²) in [6.07, 6.45) is 8.63. The van der Waals surface area contributed by atoms with Crippen molar-refractivity contribution < 1.29 is 0 Å². The molecule has 1 aliphatic heterocycles. The van der Waals surface area contributed by atoms with Crippen LogP contribution in [0.1, 0.15) is 19.3 Å². The van der Waals surface area contributed by atoms with E-state index in [-0.39, 0.29) is 0 Å². The number of unbranched alkanes of at least 4 members (excludes halogenated alkanes) is 1. The lowest BCUT2D eigenvalue weighted by atomic mass is 10.1. The number of rotatable bonds is 5. The summed E-state index contributed by atoms with van der Waals surface area (Å²) in [4.78, 5) is 2.53. The lowest BCUT2D eigenvalue weighted by molar-refractivity contribution is 0.320. The number of nitrogens with one attached hydrogen (secondary N) is 1. The highest BCUT2D eigenvalue weighted by Gasteiger charge is 2.20. The maximum Gasteiger partial charge on any atom is 0.00982 e. The second kappa shape index (κ2) is 6.01. The van der Waals surface area contributed by atoms with E-state index < -0.39 is 0 Å². The minimum Gasteiger partial charge on any atom is -0.319 e. The first-order valence-corrected chi connectivity index (χ1v) is 5.17. The molecule has 13 heavy (non-hydrogen) atoms. The summed E-state index contributed by atoms with van der Waals surface area (Å²) in [7, 11) is 2.03. The first kappa shape index (κ1) is 10.6. The van der Waals surface area contributed by atoms with Crippen molar-refractivity contribution in [3.05, 3.63) is 0 Å². The highest BCUT2D eigenvalue weighted by atomic mass is 15.1. The largest absolute Gasteiger partial charge is 0.319 e. The molecular weight excluding hydrogens is 160 g/mol. The Balaban J connectivity index is 2.07. The Kier molecular flexibility index (Phi) is 4.88. The predicted molar refractivity (Wildman–Crippen MR) is 56.5 cm³/mol. The number of likely N-dealkylation sites (tertiary alicyclic amines) is 1. The zero-order valence-corrected chi connectivity index (χ0v) is 8.55. The fraction of sp³-hybridized carbons (Fsp3) is 0.818. The molecule has 0 aromatic heterocycles. The van der Waals surface area contributed by atoms with Crippen molar-refractivity contribution >= 4 is 0 Å². The van der Waals surface area contributed by atoms with Gasteiger partial charge in [-0.15, -0.1) is 12.3 Å². The summed E-state index contributed by atoms with van der Waals surface area (Å²) in [5, 5.41) is 3.24. The summed E-state index contributed by atoms with van der Waals surface area (Å²) in [5.41, 5.74) is 0. The molecule has 2 nitrogen and oxygen atoms in total. The number of hydrogen-bond donors (Lipinski definition) is 1. The van der Waals surface area contributed by atoms with Gasteiger partial charge in [0, 0.05) is 13.0 Å². The summed E-state index contributed by atoms with van der Waals surface area (Å²) in [6, 6.07) is 0. The van der Waals surface area contributed by atoms with Crippen LogP contribution in [0.2, 0.25) is 0 Å². The Bertz CT molecular complexity index is 171. The summed E-state index contributed by atoms with van der Waals surface area (Å²) >= 11 is 0. The Morgan fingerprint density at radius 3 is 3.15 bits per heavy atom. The lowest BCUT2D eigenvalue weighted by Gasteiger charge is -2.14. The predicted octanol–water partition coefficient (Wildman–Crippen LogP) is 0.941. The average Bonchev–Trinajstić information content (AvgIpc) is 2.54. The summed E-state index contributed by atoms with van der Waals surface area (Å²) < 4.78 is 0. The van der Waals surface area contributed by atoms with Crippen molar-refractivity contribution in [2.24, 2.45) is 5.92 Å². The van der Waals surface area contributed by atoms with Crippen LogP contribution in [0.15, 0.2) is 0 Å². The van der Waals surface area contributed by atoms with E-state index in [2.05, 4.69) is 16.1 Å². The highest BCUT2D eigenvalue weighted by molar-refractivity contribution is 4.84.